The first-order valence-corrected chi connectivity index (χ1v) is 5.68. The fourth-order valence-corrected chi connectivity index (χ4v) is 0.973. The first-order valence-electron chi connectivity index (χ1n) is 5.68. The van der Waals surface area contributed by atoms with Gasteiger partial charge in [-0.15, -0.1) is 0 Å². The van der Waals surface area contributed by atoms with Crippen molar-refractivity contribution in [2.24, 2.45) is 5.73 Å². The molecule has 0 fully saturated rings. The summed E-state index contributed by atoms with van der Waals surface area (Å²) in [6, 6.07) is 0. The molecule has 0 aromatic carbocycles. The topological polar surface area (TPSA) is 58.1 Å². The van der Waals surface area contributed by atoms with E-state index in [4.69, 9.17) is 26.5 Å². The third-order valence-corrected chi connectivity index (χ3v) is 1.80. The SMILES string of the molecule is [C-]#[N+]CCCOCCOCCOCCCN. The molecule has 0 radical (unpaired) electrons. The predicted octanol–water partition coefficient (Wildman–Crippen LogP) is 0.694. The van der Waals surface area contributed by atoms with Crippen molar-refractivity contribution in [3.63, 3.8) is 0 Å². The number of nitrogens with two attached hydrogens (primary N) is 1. The first kappa shape index (κ1) is 15.3. The van der Waals surface area contributed by atoms with Gasteiger partial charge in [-0.05, 0) is 13.0 Å². The summed E-state index contributed by atoms with van der Waals surface area (Å²) in [5.74, 6) is 0. The van der Waals surface area contributed by atoms with Crippen LogP contribution in [0.5, 0.6) is 0 Å². The van der Waals surface area contributed by atoms with Gasteiger partial charge in [-0.1, -0.05) is 0 Å². The highest BCUT2D eigenvalue weighted by Gasteiger charge is 1.92. The molecule has 5 heteroatoms. The van der Waals surface area contributed by atoms with Crippen LogP contribution in [0.3, 0.4) is 0 Å². The Morgan fingerprint density at radius 2 is 1.31 bits per heavy atom. The third kappa shape index (κ3) is 13.3. The predicted molar refractivity (Wildman–Crippen MR) is 62.2 cm³/mol. The van der Waals surface area contributed by atoms with E-state index in [0.29, 0.717) is 52.7 Å². The average molecular weight is 230 g/mol. The van der Waals surface area contributed by atoms with Crippen molar-refractivity contribution in [1.29, 1.82) is 0 Å². The molecular formula is C11H22N2O3. The van der Waals surface area contributed by atoms with Gasteiger partial charge in [0.2, 0.25) is 6.54 Å². The maximum Gasteiger partial charge on any atom is 0.216 e. The van der Waals surface area contributed by atoms with E-state index in [1.165, 1.54) is 0 Å². The zero-order valence-electron chi connectivity index (χ0n) is 9.82. The van der Waals surface area contributed by atoms with Gasteiger partial charge in [-0.25, -0.2) is 6.57 Å². The van der Waals surface area contributed by atoms with Crippen molar-refractivity contribution in [1.82, 2.24) is 0 Å². The van der Waals surface area contributed by atoms with Crippen molar-refractivity contribution >= 4 is 0 Å². The highest BCUT2D eigenvalue weighted by molar-refractivity contribution is 4.56. The van der Waals surface area contributed by atoms with Crippen LogP contribution in [-0.4, -0.2) is 52.7 Å². The number of nitrogens with zero attached hydrogens (tertiary/aromatic N) is 1. The van der Waals surface area contributed by atoms with E-state index in [1.807, 2.05) is 0 Å². The van der Waals surface area contributed by atoms with Crippen LogP contribution in [-0.2, 0) is 14.2 Å². The van der Waals surface area contributed by atoms with E-state index in [2.05, 4.69) is 4.85 Å². The molecule has 0 aromatic rings. The lowest BCUT2D eigenvalue weighted by atomic mass is 10.5. The molecule has 0 rings (SSSR count). The molecule has 5 nitrogen and oxygen atoms in total. The molecule has 0 aromatic heterocycles. The van der Waals surface area contributed by atoms with Crippen LogP contribution in [0.15, 0.2) is 0 Å². The minimum atomic E-state index is 0.538. The standard InChI is InChI=1S/C11H22N2O3/c1-13-5-3-7-15-9-11-16-10-8-14-6-2-4-12/h2-12H2. The number of hydrogen-bond donors (Lipinski definition) is 1. The quantitative estimate of drug-likeness (QED) is 0.396. The van der Waals surface area contributed by atoms with Gasteiger partial charge in [0.25, 0.3) is 0 Å². The van der Waals surface area contributed by atoms with Crippen molar-refractivity contribution in [2.75, 3.05) is 52.7 Å². The summed E-state index contributed by atoms with van der Waals surface area (Å²) in [5.41, 5.74) is 5.31. The molecule has 0 aliphatic carbocycles. The van der Waals surface area contributed by atoms with Crippen molar-refractivity contribution in [2.45, 2.75) is 12.8 Å². The molecule has 0 unspecified atom stereocenters. The molecule has 0 saturated heterocycles. The Balaban J connectivity index is 2.86. The molecule has 0 bridgehead atoms. The van der Waals surface area contributed by atoms with Crippen LogP contribution >= 0.6 is 0 Å². The Labute approximate surface area is 97.7 Å². The van der Waals surface area contributed by atoms with Gasteiger partial charge in [-0.3, -0.25) is 0 Å². The van der Waals surface area contributed by atoms with E-state index in [9.17, 15) is 0 Å². The van der Waals surface area contributed by atoms with Gasteiger partial charge in [0.1, 0.15) is 0 Å². The highest BCUT2D eigenvalue weighted by Crippen LogP contribution is 1.85. The van der Waals surface area contributed by atoms with Gasteiger partial charge in [0.15, 0.2) is 0 Å². The van der Waals surface area contributed by atoms with E-state index in [0.717, 1.165) is 12.8 Å². The molecule has 0 atom stereocenters. The third-order valence-electron chi connectivity index (χ3n) is 1.80. The average Bonchev–Trinajstić information content (AvgIpc) is 2.31. The second-order valence-electron chi connectivity index (χ2n) is 3.21. The summed E-state index contributed by atoms with van der Waals surface area (Å²) in [5, 5.41) is 0. The molecule has 0 amide bonds. The highest BCUT2D eigenvalue weighted by atomic mass is 16.5. The lowest BCUT2D eigenvalue weighted by Gasteiger charge is -2.05. The van der Waals surface area contributed by atoms with E-state index >= 15 is 0 Å². The Morgan fingerprint density at radius 3 is 1.81 bits per heavy atom. The van der Waals surface area contributed by atoms with Crippen LogP contribution in [0.4, 0.5) is 0 Å². The number of hydrogen-bond acceptors (Lipinski definition) is 4. The Kier molecular flexibility index (Phi) is 13.7. The summed E-state index contributed by atoms with van der Waals surface area (Å²) >= 11 is 0. The normalized spacial score (nSPS) is 10.2. The number of rotatable bonds is 12. The van der Waals surface area contributed by atoms with Crippen LogP contribution < -0.4 is 5.73 Å². The van der Waals surface area contributed by atoms with Gasteiger partial charge in [0.05, 0.1) is 33.0 Å². The number of ether oxygens (including phenoxy) is 3. The Morgan fingerprint density at radius 1 is 0.812 bits per heavy atom. The van der Waals surface area contributed by atoms with Crippen molar-refractivity contribution in [3.8, 4) is 0 Å². The first-order chi connectivity index (χ1) is 7.91. The summed E-state index contributed by atoms with van der Waals surface area (Å²) in [6.07, 6.45) is 1.69. The fourth-order valence-electron chi connectivity index (χ4n) is 0.973. The van der Waals surface area contributed by atoms with Gasteiger partial charge in [0, 0.05) is 13.0 Å². The van der Waals surface area contributed by atoms with Gasteiger partial charge >= 0.3 is 0 Å². The van der Waals surface area contributed by atoms with Crippen molar-refractivity contribution in [3.05, 3.63) is 11.4 Å². The minimum absolute atomic E-state index is 0.538. The molecule has 94 valence electrons. The van der Waals surface area contributed by atoms with E-state index in [1.54, 1.807) is 0 Å². The van der Waals surface area contributed by atoms with Gasteiger partial charge < -0.3 is 24.8 Å². The molecule has 0 saturated carbocycles. The maximum atomic E-state index is 6.57. The summed E-state index contributed by atoms with van der Waals surface area (Å²) in [4.78, 5) is 3.23. The van der Waals surface area contributed by atoms with Crippen molar-refractivity contribution < 1.29 is 14.2 Å². The van der Waals surface area contributed by atoms with E-state index < -0.39 is 0 Å². The second kappa shape index (κ2) is 14.3. The molecule has 0 aliphatic rings. The zero-order chi connectivity index (χ0) is 11.9. The van der Waals surface area contributed by atoms with E-state index in [-0.39, 0.29) is 0 Å². The second-order valence-corrected chi connectivity index (χ2v) is 3.21. The zero-order valence-corrected chi connectivity index (χ0v) is 9.82. The molecule has 0 spiro atoms. The molecular weight excluding hydrogens is 208 g/mol. The van der Waals surface area contributed by atoms with Crippen LogP contribution in [0, 0.1) is 6.57 Å². The fraction of sp³-hybridized carbons (Fsp3) is 0.909. The molecule has 0 aliphatic heterocycles. The summed E-state index contributed by atoms with van der Waals surface area (Å²) < 4.78 is 15.8. The molecule has 2 N–H and O–H groups in total. The molecule has 16 heavy (non-hydrogen) atoms. The monoisotopic (exact) mass is 230 g/mol. The minimum Gasteiger partial charge on any atom is -0.379 e. The largest absolute Gasteiger partial charge is 0.379 e. The molecule has 0 heterocycles. The van der Waals surface area contributed by atoms with Gasteiger partial charge in [-0.2, -0.15) is 0 Å². The maximum absolute atomic E-state index is 6.57. The smallest absolute Gasteiger partial charge is 0.216 e. The van der Waals surface area contributed by atoms with Crippen LogP contribution in [0.1, 0.15) is 12.8 Å². The lowest BCUT2D eigenvalue weighted by molar-refractivity contribution is 0.0145. The van der Waals surface area contributed by atoms with Crippen LogP contribution in [0.25, 0.3) is 4.85 Å². The summed E-state index contributed by atoms with van der Waals surface area (Å²) in [7, 11) is 0. The Hall–Kier alpha value is -0.670. The van der Waals surface area contributed by atoms with Crippen LogP contribution in [0.2, 0.25) is 0 Å². The lowest BCUT2D eigenvalue weighted by Crippen LogP contribution is -2.11. The Bertz CT molecular complexity index is 171. The summed E-state index contributed by atoms with van der Waals surface area (Å²) in [6.45, 7) is 11.5.